The van der Waals surface area contributed by atoms with Gasteiger partial charge in [-0.1, -0.05) is 0 Å². The lowest BCUT2D eigenvalue weighted by Gasteiger charge is -2.13. The fourth-order valence-electron chi connectivity index (χ4n) is 1.54. The maximum atomic E-state index is 11.5. The standard InChI is InChI=1S/C11H17N5O4/c1-16-5-4-13-9(16)2-3-14-11(20)15-7(10(18)19)6-8(12)17/h4-5,7H,2-3,6H2,1H3,(H2,12,17)(H,18,19)(H2,14,15,20)/t7-/m1/s1. The summed E-state index contributed by atoms with van der Waals surface area (Å²) in [6.07, 6.45) is 3.47. The molecule has 5 N–H and O–H groups in total. The summed E-state index contributed by atoms with van der Waals surface area (Å²) in [6.45, 7) is 0.291. The van der Waals surface area contributed by atoms with Gasteiger partial charge >= 0.3 is 12.0 Å². The second-order valence-electron chi connectivity index (χ2n) is 4.17. The van der Waals surface area contributed by atoms with E-state index in [-0.39, 0.29) is 0 Å². The van der Waals surface area contributed by atoms with E-state index in [0.29, 0.717) is 13.0 Å². The molecular weight excluding hydrogens is 266 g/mol. The van der Waals surface area contributed by atoms with Gasteiger partial charge in [-0.05, 0) is 0 Å². The van der Waals surface area contributed by atoms with Crippen molar-refractivity contribution in [2.24, 2.45) is 12.8 Å². The SMILES string of the molecule is Cn1ccnc1CCNC(=O)N[C@H](CC(N)=O)C(=O)O. The van der Waals surface area contributed by atoms with Crippen molar-refractivity contribution in [2.45, 2.75) is 18.9 Å². The van der Waals surface area contributed by atoms with Crippen LogP contribution in [0.15, 0.2) is 12.4 Å². The lowest BCUT2D eigenvalue weighted by atomic mass is 10.2. The van der Waals surface area contributed by atoms with Gasteiger partial charge in [-0.3, -0.25) is 4.79 Å². The monoisotopic (exact) mass is 283 g/mol. The van der Waals surface area contributed by atoms with E-state index in [4.69, 9.17) is 10.8 Å². The largest absolute Gasteiger partial charge is 0.480 e. The van der Waals surface area contributed by atoms with Crippen molar-refractivity contribution in [3.63, 3.8) is 0 Å². The molecule has 0 fully saturated rings. The zero-order valence-electron chi connectivity index (χ0n) is 11.0. The number of carbonyl (C=O) groups excluding carboxylic acids is 2. The number of urea groups is 1. The van der Waals surface area contributed by atoms with Gasteiger partial charge in [0.05, 0.1) is 6.42 Å². The number of nitrogens with zero attached hydrogens (tertiary/aromatic N) is 2. The minimum absolute atomic E-state index is 0.291. The fraction of sp³-hybridized carbons (Fsp3) is 0.455. The number of carbonyl (C=O) groups is 3. The van der Waals surface area contributed by atoms with Gasteiger partial charge in [0.25, 0.3) is 0 Å². The van der Waals surface area contributed by atoms with E-state index in [1.54, 1.807) is 12.4 Å². The van der Waals surface area contributed by atoms with Crippen LogP contribution in [0.2, 0.25) is 0 Å². The van der Waals surface area contributed by atoms with Crippen LogP contribution in [0.25, 0.3) is 0 Å². The Bertz CT molecular complexity index is 499. The van der Waals surface area contributed by atoms with Crippen LogP contribution in [0, 0.1) is 0 Å². The lowest BCUT2D eigenvalue weighted by Crippen LogP contribution is -2.48. The molecule has 20 heavy (non-hydrogen) atoms. The Hall–Kier alpha value is -2.58. The van der Waals surface area contributed by atoms with Crippen LogP contribution in [0.3, 0.4) is 0 Å². The second kappa shape index (κ2) is 7.12. The van der Waals surface area contributed by atoms with Crippen LogP contribution in [0.5, 0.6) is 0 Å². The summed E-state index contributed by atoms with van der Waals surface area (Å²) < 4.78 is 1.81. The summed E-state index contributed by atoms with van der Waals surface area (Å²) in [5.41, 5.74) is 4.90. The zero-order valence-corrected chi connectivity index (χ0v) is 11.0. The number of nitrogens with one attached hydrogen (secondary N) is 2. The molecule has 1 heterocycles. The first-order valence-corrected chi connectivity index (χ1v) is 5.92. The first kappa shape index (κ1) is 15.5. The molecule has 1 rings (SSSR count). The first-order chi connectivity index (χ1) is 9.40. The number of rotatable bonds is 7. The van der Waals surface area contributed by atoms with E-state index in [1.807, 2.05) is 11.6 Å². The summed E-state index contributed by atoms with van der Waals surface area (Å²) in [7, 11) is 1.83. The molecule has 0 aliphatic carbocycles. The summed E-state index contributed by atoms with van der Waals surface area (Å²) in [5.74, 6) is -1.33. The Labute approximate surface area is 115 Å². The van der Waals surface area contributed by atoms with Crippen LogP contribution in [-0.4, -0.2) is 45.2 Å². The molecule has 0 aromatic carbocycles. The first-order valence-electron chi connectivity index (χ1n) is 5.92. The van der Waals surface area contributed by atoms with Gasteiger partial charge in [-0.15, -0.1) is 0 Å². The van der Waals surface area contributed by atoms with Crippen LogP contribution in [-0.2, 0) is 23.1 Å². The van der Waals surface area contributed by atoms with Gasteiger partial charge in [0, 0.05) is 32.4 Å². The Kier molecular flexibility index (Phi) is 5.51. The highest BCUT2D eigenvalue weighted by atomic mass is 16.4. The predicted octanol–water partition coefficient (Wildman–Crippen LogP) is -1.41. The minimum atomic E-state index is -1.33. The number of primary amides is 1. The number of nitrogens with two attached hydrogens (primary N) is 1. The number of hydrogen-bond acceptors (Lipinski definition) is 4. The molecule has 0 unspecified atom stereocenters. The molecule has 0 bridgehead atoms. The Morgan fingerprint density at radius 1 is 1.50 bits per heavy atom. The zero-order chi connectivity index (χ0) is 15.1. The summed E-state index contributed by atoms with van der Waals surface area (Å²) in [5, 5.41) is 13.5. The molecule has 110 valence electrons. The van der Waals surface area contributed by atoms with Crippen LogP contribution < -0.4 is 16.4 Å². The van der Waals surface area contributed by atoms with E-state index >= 15 is 0 Å². The Balaban J connectivity index is 2.36. The lowest BCUT2D eigenvalue weighted by molar-refractivity contribution is -0.140. The molecule has 0 aliphatic rings. The van der Waals surface area contributed by atoms with Crippen molar-refractivity contribution >= 4 is 17.9 Å². The Morgan fingerprint density at radius 3 is 2.70 bits per heavy atom. The average molecular weight is 283 g/mol. The number of aryl methyl sites for hydroxylation is 1. The smallest absolute Gasteiger partial charge is 0.326 e. The highest BCUT2D eigenvalue weighted by molar-refractivity contribution is 5.87. The van der Waals surface area contributed by atoms with Crippen molar-refractivity contribution < 1.29 is 19.5 Å². The highest BCUT2D eigenvalue weighted by Gasteiger charge is 2.21. The van der Waals surface area contributed by atoms with Gasteiger partial charge in [0.15, 0.2) is 0 Å². The van der Waals surface area contributed by atoms with E-state index in [9.17, 15) is 14.4 Å². The molecule has 0 saturated carbocycles. The predicted molar refractivity (Wildman–Crippen MR) is 68.7 cm³/mol. The number of amides is 3. The van der Waals surface area contributed by atoms with E-state index in [2.05, 4.69) is 15.6 Å². The third-order valence-corrected chi connectivity index (χ3v) is 2.56. The molecule has 0 saturated heterocycles. The number of carboxylic acids is 1. The normalized spacial score (nSPS) is 11.7. The molecule has 3 amide bonds. The van der Waals surface area contributed by atoms with Gasteiger partial charge in [0.1, 0.15) is 11.9 Å². The van der Waals surface area contributed by atoms with E-state index in [1.165, 1.54) is 0 Å². The quantitative estimate of drug-likeness (QED) is 0.487. The number of carboxylic acid groups (broad SMARTS) is 1. The molecule has 9 nitrogen and oxygen atoms in total. The molecule has 0 radical (unpaired) electrons. The van der Waals surface area contributed by atoms with Gasteiger partial charge in [-0.25, -0.2) is 14.6 Å². The molecule has 9 heteroatoms. The summed E-state index contributed by atoms with van der Waals surface area (Å²) >= 11 is 0. The van der Waals surface area contributed by atoms with Crippen LogP contribution in [0.4, 0.5) is 4.79 Å². The highest BCUT2D eigenvalue weighted by Crippen LogP contribution is 1.95. The van der Waals surface area contributed by atoms with Crippen molar-refractivity contribution in [1.29, 1.82) is 0 Å². The van der Waals surface area contributed by atoms with Gasteiger partial charge in [-0.2, -0.15) is 0 Å². The minimum Gasteiger partial charge on any atom is -0.480 e. The molecular formula is C11H17N5O4. The van der Waals surface area contributed by atoms with Crippen molar-refractivity contribution in [3.8, 4) is 0 Å². The third-order valence-electron chi connectivity index (χ3n) is 2.56. The number of aromatic nitrogens is 2. The number of aliphatic carboxylic acids is 1. The second-order valence-corrected chi connectivity index (χ2v) is 4.17. The topological polar surface area (TPSA) is 139 Å². The molecule has 1 atom stereocenters. The Morgan fingerprint density at radius 2 is 2.20 bits per heavy atom. The summed E-state index contributed by atoms with van der Waals surface area (Å²) in [6, 6.07) is -2.01. The van der Waals surface area contributed by atoms with Crippen LogP contribution >= 0.6 is 0 Å². The molecule has 1 aromatic heterocycles. The van der Waals surface area contributed by atoms with E-state index in [0.717, 1.165) is 5.82 Å². The molecule has 1 aromatic rings. The van der Waals surface area contributed by atoms with E-state index < -0.39 is 30.4 Å². The van der Waals surface area contributed by atoms with Crippen molar-refractivity contribution in [2.75, 3.05) is 6.54 Å². The van der Waals surface area contributed by atoms with Crippen molar-refractivity contribution in [1.82, 2.24) is 20.2 Å². The van der Waals surface area contributed by atoms with Gasteiger partial charge < -0.3 is 26.0 Å². The van der Waals surface area contributed by atoms with Crippen LogP contribution in [0.1, 0.15) is 12.2 Å². The average Bonchev–Trinajstić information content (AvgIpc) is 2.73. The maximum Gasteiger partial charge on any atom is 0.326 e. The molecule has 0 aliphatic heterocycles. The summed E-state index contributed by atoms with van der Waals surface area (Å²) in [4.78, 5) is 37.1. The number of hydrogen-bond donors (Lipinski definition) is 4. The van der Waals surface area contributed by atoms with Crippen molar-refractivity contribution in [3.05, 3.63) is 18.2 Å². The van der Waals surface area contributed by atoms with Gasteiger partial charge in [0.2, 0.25) is 5.91 Å². The number of imidazole rings is 1. The third kappa shape index (κ3) is 4.96. The molecule has 0 spiro atoms. The maximum absolute atomic E-state index is 11.5. The fourth-order valence-corrected chi connectivity index (χ4v) is 1.54.